The lowest BCUT2D eigenvalue weighted by molar-refractivity contribution is -0.130. The number of amides is 1. The molecular formula is C23H22ClN5O2. The molecule has 2 aromatic carbocycles. The van der Waals surface area contributed by atoms with Crippen LogP contribution >= 0.6 is 11.6 Å². The van der Waals surface area contributed by atoms with E-state index in [1.54, 1.807) is 16.6 Å². The van der Waals surface area contributed by atoms with Crippen molar-refractivity contribution in [1.29, 1.82) is 0 Å². The maximum atomic E-state index is 13.0. The van der Waals surface area contributed by atoms with Gasteiger partial charge in [-0.05, 0) is 24.3 Å². The number of likely N-dealkylation sites (N-methyl/N-ethyl adjacent to an activating group) is 1. The van der Waals surface area contributed by atoms with Crippen LogP contribution < -0.4 is 0 Å². The van der Waals surface area contributed by atoms with Gasteiger partial charge in [0.05, 0.1) is 24.3 Å². The first kappa shape index (κ1) is 20.8. The van der Waals surface area contributed by atoms with Gasteiger partial charge < -0.3 is 9.42 Å². The van der Waals surface area contributed by atoms with E-state index in [1.807, 2.05) is 67.7 Å². The van der Waals surface area contributed by atoms with Crippen LogP contribution in [0.15, 0.2) is 65.3 Å². The molecule has 0 saturated heterocycles. The molecule has 2 aromatic heterocycles. The van der Waals surface area contributed by atoms with E-state index in [0.717, 1.165) is 22.5 Å². The average molecular weight is 436 g/mol. The fourth-order valence-electron chi connectivity index (χ4n) is 3.19. The number of aryl methyl sites for hydroxylation is 1. The molecule has 1 amide bonds. The minimum absolute atomic E-state index is 0.0703. The van der Waals surface area contributed by atoms with Crippen LogP contribution in [0.3, 0.4) is 0 Å². The number of hydrogen-bond donors (Lipinski definition) is 0. The Morgan fingerprint density at radius 1 is 1.13 bits per heavy atom. The Labute approximate surface area is 185 Å². The van der Waals surface area contributed by atoms with Crippen molar-refractivity contribution in [3.63, 3.8) is 0 Å². The van der Waals surface area contributed by atoms with Crippen LogP contribution in [0.1, 0.15) is 24.2 Å². The molecule has 8 heteroatoms. The highest BCUT2D eigenvalue weighted by atomic mass is 35.5. The number of halogens is 1. The van der Waals surface area contributed by atoms with E-state index in [0.29, 0.717) is 23.2 Å². The Hall–Kier alpha value is -3.45. The van der Waals surface area contributed by atoms with Gasteiger partial charge in [-0.1, -0.05) is 54.0 Å². The summed E-state index contributed by atoms with van der Waals surface area (Å²) < 4.78 is 7.00. The first-order valence-corrected chi connectivity index (χ1v) is 10.4. The van der Waals surface area contributed by atoms with Crippen LogP contribution in [0, 0.1) is 0 Å². The third-order valence-corrected chi connectivity index (χ3v) is 5.15. The van der Waals surface area contributed by atoms with E-state index in [2.05, 4.69) is 10.1 Å². The molecule has 0 radical (unpaired) electrons. The van der Waals surface area contributed by atoms with Gasteiger partial charge in [-0.15, -0.1) is 0 Å². The minimum atomic E-state index is -0.0703. The second-order valence-electron chi connectivity index (χ2n) is 7.17. The molecule has 0 aliphatic rings. The summed E-state index contributed by atoms with van der Waals surface area (Å²) in [6.45, 7) is 2.21. The summed E-state index contributed by atoms with van der Waals surface area (Å²) in [7, 11) is 1.72. The van der Waals surface area contributed by atoms with Gasteiger partial charge in [0, 0.05) is 35.8 Å². The number of carbonyl (C=O) groups is 1. The number of aromatic nitrogens is 4. The van der Waals surface area contributed by atoms with Crippen LogP contribution in [0.25, 0.3) is 16.9 Å². The molecule has 0 bridgehead atoms. The molecule has 0 saturated carbocycles. The summed E-state index contributed by atoms with van der Waals surface area (Å²) in [6.07, 6.45) is 2.77. The summed E-state index contributed by atoms with van der Waals surface area (Å²) in [5, 5.41) is 9.28. The zero-order valence-electron chi connectivity index (χ0n) is 17.3. The molecule has 31 heavy (non-hydrogen) atoms. The Balaban J connectivity index is 1.60. The van der Waals surface area contributed by atoms with Crippen LogP contribution in [0.5, 0.6) is 0 Å². The van der Waals surface area contributed by atoms with Crippen LogP contribution in [-0.4, -0.2) is 37.8 Å². The molecule has 2 heterocycles. The highest BCUT2D eigenvalue weighted by molar-refractivity contribution is 6.30. The zero-order chi connectivity index (χ0) is 21.8. The molecule has 0 fully saturated rings. The Bertz CT molecular complexity index is 1170. The lowest BCUT2D eigenvalue weighted by Crippen LogP contribution is -2.28. The predicted octanol–water partition coefficient (Wildman–Crippen LogP) is 4.34. The normalized spacial score (nSPS) is 10.9. The Kier molecular flexibility index (Phi) is 6.13. The predicted molar refractivity (Wildman–Crippen MR) is 118 cm³/mol. The maximum absolute atomic E-state index is 13.0. The second kappa shape index (κ2) is 9.14. The van der Waals surface area contributed by atoms with Gasteiger partial charge in [0.1, 0.15) is 0 Å². The highest BCUT2D eigenvalue weighted by Gasteiger charge is 2.19. The van der Waals surface area contributed by atoms with Gasteiger partial charge in [-0.25, -0.2) is 4.68 Å². The molecule has 4 rings (SSSR count). The van der Waals surface area contributed by atoms with Crippen molar-refractivity contribution in [2.24, 2.45) is 0 Å². The van der Waals surface area contributed by atoms with Gasteiger partial charge in [-0.2, -0.15) is 10.1 Å². The summed E-state index contributed by atoms with van der Waals surface area (Å²) in [5.74, 6) is 0.981. The minimum Gasteiger partial charge on any atom is -0.337 e. The number of nitrogens with zero attached hydrogens (tertiary/aromatic N) is 5. The average Bonchev–Trinajstić information content (AvgIpc) is 3.42. The molecule has 0 aliphatic carbocycles. The summed E-state index contributed by atoms with van der Waals surface area (Å²) in [4.78, 5) is 18.8. The smallest absolute Gasteiger partial charge is 0.246 e. The van der Waals surface area contributed by atoms with E-state index in [-0.39, 0.29) is 18.9 Å². The standard InChI is InChI=1S/C23H22ClN5O2/c1-3-20-25-21(31-27-20)15-28(2)22(30)13-17-14-29(19-7-5-4-6-8-19)26-23(17)16-9-11-18(24)12-10-16/h4-12,14H,3,13,15H2,1-2H3. The third-order valence-electron chi connectivity index (χ3n) is 4.89. The van der Waals surface area contributed by atoms with Crippen molar-refractivity contribution in [2.45, 2.75) is 26.3 Å². The van der Waals surface area contributed by atoms with E-state index in [1.165, 1.54) is 0 Å². The number of rotatable bonds is 7. The van der Waals surface area contributed by atoms with Crippen LogP contribution in [0.2, 0.25) is 5.02 Å². The molecule has 0 atom stereocenters. The number of benzene rings is 2. The van der Waals surface area contributed by atoms with Crippen molar-refractivity contribution in [2.75, 3.05) is 7.05 Å². The zero-order valence-corrected chi connectivity index (χ0v) is 18.1. The van der Waals surface area contributed by atoms with Crippen LogP contribution in [0.4, 0.5) is 0 Å². The van der Waals surface area contributed by atoms with Crippen molar-refractivity contribution >= 4 is 17.5 Å². The lowest BCUT2D eigenvalue weighted by Gasteiger charge is -2.14. The van der Waals surface area contributed by atoms with E-state index in [9.17, 15) is 4.79 Å². The quantitative estimate of drug-likeness (QED) is 0.431. The van der Waals surface area contributed by atoms with E-state index >= 15 is 0 Å². The van der Waals surface area contributed by atoms with Gasteiger partial charge in [-0.3, -0.25) is 4.79 Å². The largest absolute Gasteiger partial charge is 0.337 e. The fourth-order valence-corrected chi connectivity index (χ4v) is 3.32. The van der Waals surface area contributed by atoms with Crippen molar-refractivity contribution < 1.29 is 9.32 Å². The molecular weight excluding hydrogens is 414 g/mol. The summed E-state index contributed by atoms with van der Waals surface area (Å²) in [5.41, 5.74) is 3.38. The van der Waals surface area contributed by atoms with Gasteiger partial charge >= 0.3 is 0 Å². The number of carbonyl (C=O) groups excluding carboxylic acids is 1. The fraction of sp³-hybridized carbons (Fsp3) is 0.217. The molecule has 7 nitrogen and oxygen atoms in total. The van der Waals surface area contributed by atoms with Crippen molar-refractivity contribution in [3.05, 3.63) is 83.1 Å². The maximum Gasteiger partial charge on any atom is 0.246 e. The highest BCUT2D eigenvalue weighted by Crippen LogP contribution is 2.26. The molecule has 0 unspecified atom stereocenters. The summed E-state index contributed by atoms with van der Waals surface area (Å²) in [6, 6.07) is 17.2. The Morgan fingerprint density at radius 3 is 2.55 bits per heavy atom. The SMILES string of the molecule is CCc1noc(CN(C)C(=O)Cc2cn(-c3ccccc3)nc2-c2ccc(Cl)cc2)n1. The van der Waals surface area contributed by atoms with Gasteiger partial charge in [0.25, 0.3) is 0 Å². The topological polar surface area (TPSA) is 77.0 Å². The Morgan fingerprint density at radius 2 is 1.87 bits per heavy atom. The monoisotopic (exact) mass is 435 g/mol. The molecule has 0 aliphatic heterocycles. The number of para-hydroxylation sites is 1. The molecule has 158 valence electrons. The van der Waals surface area contributed by atoms with Crippen molar-refractivity contribution in [3.8, 4) is 16.9 Å². The molecule has 0 N–H and O–H groups in total. The van der Waals surface area contributed by atoms with E-state index < -0.39 is 0 Å². The van der Waals surface area contributed by atoms with Crippen molar-refractivity contribution in [1.82, 2.24) is 24.8 Å². The second-order valence-corrected chi connectivity index (χ2v) is 7.61. The first-order valence-electron chi connectivity index (χ1n) is 9.99. The summed E-state index contributed by atoms with van der Waals surface area (Å²) >= 11 is 6.05. The molecule has 0 spiro atoms. The van der Waals surface area contributed by atoms with Gasteiger partial charge in [0.2, 0.25) is 11.8 Å². The van der Waals surface area contributed by atoms with E-state index in [4.69, 9.17) is 21.2 Å². The number of hydrogen-bond acceptors (Lipinski definition) is 5. The lowest BCUT2D eigenvalue weighted by atomic mass is 10.1. The third kappa shape index (κ3) is 4.83. The van der Waals surface area contributed by atoms with Crippen LogP contribution in [-0.2, 0) is 24.2 Å². The first-order chi connectivity index (χ1) is 15.0. The molecule has 4 aromatic rings. The van der Waals surface area contributed by atoms with Gasteiger partial charge in [0.15, 0.2) is 5.82 Å².